The second-order valence-electron chi connectivity index (χ2n) is 6.77. The van der Waals surface area contributed by atoms with Crippen molar-refractivity contribution in [2.24, 2.45) is 0 Å². The van der Waals surface area contributed by atoms with Gasteiger partial charge in [0.2, 0.25) is 5.91 Å². The standard InChI is InChI=1S/C19H20ClN3O2S/c20-13-8-6-12(7-9-13)17(24)22-19-21-16-14(4-3-5-15(16)26-19)18(25)23-10-1-2-11-23/h6-9,14H,1-5,10-11H2,(H,21,22,24)/t14-/m0/s1. The average molecular weight is 390 g/mol. The Morgan fingerprint density at radius 2 is 1.88 bits per heavy atom. The van der Waals surface area contributed by atoms with E-state index in [2.05, 4.69) is 10.3 Å². The number of fused-ring (bicyclic) bond motifs is 1. The van der Waals surface area contributed by atoms with Crippen LogP contribution in [0.15, 0.2) is 24.3 Å². The first-order valence-corrected chi connectivity index (χ1v) is 10.2. The van der Waals surface area contributed by atoms with Gasteiger partial charge in [0.1, 0.15) is 0 Å². The van der Waals surface area contributed by atoms with E-state index in [0.717, 1.165) is 55.8 Å². The topological polar surface area (TPSA) is 62.3 Å². The highest BCUT2D eigenvalue weighted by Gasteiger charge is 2.34. The summed E-state index contributed by atoms with van der Waals surface area (Å²) in [7, 11) is 0. The molecule has 0 spiro atoms. The first-order chi connectivity index (χ1) is 12.6. The number of aryl methyl sites for hydroxylation is 1. The summed E-state index contributed by atoms with van der Waals surface area (Å²) in [4.78, 5) is 32.9. The molecule has 2 amide bonds. The lowest BCUT2D eigenvalue weighted by molar-refractivity contribution is -0.132. The molecule has 0 radical (unpaired) electrons. The highest BCUT2D eigenvalue weighted by atomic mass is 35.5. The van der Waals surface area contributed by atoms with Crippen molar-refractivity contribution in [3.8, 4) is 0 Å². The van der Waals surface area contributed by atoms with Gasteiger partial charge in [-0.05, 0) is 56.4 Å². The van der Waals surface area contributed by atoms with Gasteiger partial charge in [-0.25, -0.2) is 4.98 Å². The molecule has 0 unspecified atom stereocenters. The monoisotopic (exact) mass is 389 g/mol. The molecule has 1 aromatic carbocycles. The van der Waals surface area contributed by atoms with Crippen molar-refractivity contribution in [3.63, 3.8) is 0 Å². The van der Waals surface area contributed by atoms with Crippen LogP contribution in [0.25, 0.3) is 0 Å². The van der Waals surface area contributed by atoms with Crippen molar-refractivity contribution in [1.82, 2.24) is 9.88 Å². The van der Waals surface area contributed by atoms with E-state index < -0.39 is 0 Å². The van der Waals surface area contributed by atoms with E-state index in [9.17, 15) is 9.59 Å². The predicted octanol–water partition coefficient (Wildman–Crippen LogP) is 4.09. The number of halogens is 1. The highest BCUT2D eigenvalue weighted by Crippen LogP contribution is 2.38. The number of carbonyl (C=O) groups is 2. The van der Waals surface area contributed by atoms with Crippen LogP contribution in [-0.4, -0.2) is 34.8 Å². The van der Waals surface area contributed by atoms with Gasteiger partial charge in [-0.3, -0.25) is 14.9 Å². The molecule has 2 aromatic rings. The molecule has 136 valence electrons. The lowest BCUT2D eigenvalue weighted by atomic mass is 9.90. The number of hydrogen-bond donors (Lipinski definition) is 1. The van der Waals surface area contributed by atoms with E-state index in [1.165, 1.54) is 11.3 Å². The number of rotatable bonds is 3. The molecule has 1 atom stereocenters. The van der Waals surface area contributed by atoms with Gasteiger partial charge < -0.3 is 4.90 Å². The average Bonchev–Trinajstić information content (AvgIpc) is 3.30. The van der Waals surface area contributed by atoms with E-state index >= 15 is 0 Å². The van der Waals surface area contributed by atoms with Crippen molar-refractivity contribution >= 4 is 39.9 Å². The normalized spacial score (nSPS) is 19.3. The number of nitrogens with zero attached hydrogens (tertiary/aromatic N) is 2. The van der Waals surface area contributed by atoms with Gasteiger partial charge in [0.25, 0.3) is 5.91 Å². The third-order valence-corrected chi connectivity index (χ3v) is 6.30. The Hall–Kier alpha value is -1.92. The summed E-state index contributed by atoms with van der Waals surface area (Å²) in [5.41, 5.74) is 1.40. The van der Waals surface area contributed by atoms with Crippen LogP contribution in [-0.2, 0) is 11.2 Å². The van der Waals surface area contributed by atoms with Crippen molar-refractivity contribution in [1.29, 1.82) is 0 Å². The minimum absolute atomic E-state index is 0.158. The summed E-state index contributed by atoms with van der Waals surface area (Å²) in [6.45, 7) is 1.71. The Kier molecular flexibility index (Phi) is 4.96. The number of nitrogens with one attached hydrogen (secondary N) is 1. The zero-order chi connectivity index (χ0) is 18.1. The van der Waals surface area contributed by atoms with Crippen LogP contribution in [0.3, 0.4) is 0 Å². The van der Waals surface area contributed by atoms with Crippen LogP contribution in [0.2, 0.25) is 5.02 Å². The van der Waals surface area contributed by atoms with Gasteiger partial charge in [-0.2, -0.15) is 0 Å². The number of amides is 2. The summed E-state index contributed by atoms with van der Waals surface area (Å²) in [5, 5.41) is 4.02. The maximum absolute atomic E-state index is 12.8. The number of carbonyl (C=O) groups excluding carboxylic acids is 2. The Bertz CT molecular complexity index is 828. The fraction of sp³-hybridized carbons (Fsp3) is 0.421. The molecular weight excluding hydrogens is 370 g/mol. The van der Waals surface area contributed by atoms with Gasteiger partial charge in [0.15, 0.2) is 5.13 Å². The molecule has 0 saturated carbocycles. The van der Waals surface area contributed by atoms with Crippen molar-refractivity contribution in [3.05, 3.63) is 45.4 Å². The molecule has 2 aliphatic rings. The summed E-state index contributed by atoms with van der Waals surface area (Å²) in [6.07, 6.45) is 4.93. The molecule has 1 aliphatic heterocycles. The Balaban J connectivity index is 1.52. The summed E-state index contributed by atoms with van der Waals surface area (Å²) < 4.78 is 0. The number of hydrogen-bond acceptors (Lipinski definition) is 4. The first-order valence-electron chi connectivity index (χ1n) is 8.97. The highest BCUT2D eigenvalue weighted by molar-refractivity contribution is 7.16. The van der Waals surface area contributed by atoms with E-state index in [4.69, 9.17) is 11.6 Å². The number of likely N-dealkylation sites (tertiary alicyclic amines) is 1. The maximum Gasteiger partial charge on any atom is 0.257 e. The van der Waals surface area contributed by atoms with Gasteiger partial charge in [0, 0.05) is 28.6 Å². The molecule has 1 aliphatic carbocycles. The van der Waals surface area contributed by atoms with Crippen LogP contribution >= 0.6 is 22.9 Å². The van der Waals surface area contributed by atoms with Gasteiger partial charge in [-0.15, -0.1) is 11.3 Å². The van der Waals surface area contributed by atoms with Crippen LogP contribution in [0.4, 0.5) is 5.13 Å². The number of thiazole rings is 1. The summed E-state index contributed by atoms with van der Waals surface area (Å²) in [6, 6.07) is 6.75. The lowest BCUT2D eigenvalue weighted by Crippen LogP contribution is -2.34. The minimum Gasteiger partial charge on any atom is -0.342 e. The molecule has 0 bridgehead atoms. The Labute approximate surface area is 161 Å². The van der Waals surface area contributed by atoms with Crippen LogP contribution in [0.1, 0.15) is 52.5 Å². The molecule has 2 heterocycles. The molecule has 7 heteroatoms. The van der Waals surface area contributed by atoms with E-state index in [0.29, 0.717) is 15.7 Å². The van der Waals surface area contributed by atoms with E-state index in [1.54, 1.807) is 24.3 Å². The van der Waals surface area contributed by atoms with E-state index in [-0.39, 0.29) is 17.7 Å². The fourth-order valence-electron chi connectivity index (χ4n) is 3.64. The second kappa shape index (κ2) is 7.37. The molecule has 1 aromatic heterocycles. The summed E-state index contributed by atoms with van der Waals surface area (Å²) in [5.74, 6) is -0.172. The molecule has 1 saturated heterocycles. The Morgan fingerprint density at radius 1 is 1.15 bits per heavy atom. The van der Waals surface area contributed by atoms with Crippen LogP contribution in [0.5, 0.6) is 0 Å². The first kappa shape index (κ1) is 17.5. The Morgan fingerprint density at radius 3 is 2.62 bits per heavy atom. The largest absolute Gasteiger partial charge is 0.342 e. The fourth-order valence-corrected chi connectivity index (χ4v) is 4.83. The number of benzene rings is 1. The molecule has 1 N–H and O–H groups in total. The predicted molar refractivity (Wildman–Crippen MR) is 103 cm³/mol. The van der Waals surface area contributed by atoms with Gasteiger partial charge >= 0.3 is 0 Å². The zero-order valence-electron chi connectivity index (χ0n) is 14.3. The van der Waals surface area contributed by atoms with Crippen molar-refractivity contribution in [2.45, 2.75) is 38.0 Å². The molecular formula is C19H20ClN3O2S. The molecule has 26 heavy (non-hydrogen) atoms. The molecule has 1 fully saturated rings. The van der Waals surface area contributed by atoms with Gasteiger partial charge in [0.05, 0.1) is 11.6 Å². The lowest BCUT2D eigenvalue weighted by Gasteiger charge is -2.25. The van der Waals surface area contributed by atoms with E-state index in [1.807, 2.05) is 4.90 Å². The maximum atomic E-state index is 12.8. The third kappa shape index (κ3) is 3.48. The van der Waals surface area contributed by atoms with Gasteiger partial charge in [-0.1, -0.05) is 11.6 Å². The SMILES string of the molecule is O=C(Nc1nc2c(s1)CCC[C@@H]2C(=O)N1CCCC1)c1ccc(Cl)cc1. The van der Waals surface area contributed by atoms with Crippen molar-refractivity contribution < 1.29 is 9.59 Å². The smallest absolute Gasteiger partial charge is 0.257 e. The van der Waals surface area contributed by atoms with Crippen molar-refractivity contribution in [2.75, 3.05) is 18.4 Å². The van der Waals surface area contributed by atoms with Crippen LogP contribution in [0, 0.1) is 0 Å². The molecule has 5 nitrogen and oxygen atoms in total. The number of aromatic nitrogens is 1. The second-order valence-corrected chi connectivity index (χ2v) is 8.29. The minimum atomic E-state index is -0.213. The quantitative estimate of drug-likeness (QED) is 0.859. The molecule has 4 rings (SSSR count). The zero-order valence-corrected chi connectivity index (χ0v) is 15.9. The third-order valence-electron chi connectivity index (χ3n) is 5.00. The van der Waals surface area contributed by atoms with Crippen LogP contribution < -0.4 is 5.32 Å². The number of anilines is 1. The summed E-state index contributed by atoms with van der Waals surface area (Å²) >= 11 is 7.35.